The van der Waals surface area contributed by atoms with Gasteiger partial charge in [0.1, 0.15) is 11.4 Å². The van der Waals surface area contributed by atoms with Crippen LogP contribution in [0, 0.1) is 0 Å². The predicted molar refractivity (Wildman–Crippen MR) is 103 cm³/mol. The Kier molecular flexibility index (Phi) is 5.73. The molecule has 1 aliphatic heterocycles. The lowest BCUT2D eigenvalue weighted by Crippen LogP contribution is -2.36. The van der Waals surface area contributed by atoms with Crippen LogP contribution in [0.15, 0.2) is 53.3 Å². The monoisotopic (exact) mass is 418 g/mol. The number of esters is 1. The number of rotatable bonds is 5. The average molecular weight is 418 g/mol. The second kappa shape index (κ2) is 8.10. The summed E-state index contributed by atoms with van der Waals surface area (Å²) >= 11 is 0. The summed E-state index contributed by atoms with van der Waals surface area (Å²) in [6, 6.07) is 10.0. The van der Waals surface area contributed by atoms with E-state index in [0.717, 1.165) is 7.11 Å². The smallest absolute Gasteiger partial charge is 0.431 e. The van der Waals surface area contributed by atoms with E-state index >= 15 is 0 Å². The summed E-state index contributed by atoms with van der Waals surface area (Å²) in [5.74, 6) is -2.76. The molecule has 0 atom stereocenters. The van der Waals surface area contributed by atoms with E-state index in [9.17, 15) is 27.6 Å². The Morgan fingerprint density at radius 2 is 1.77 bits per heavy atom. The fraction of sp³-hybridized carbons (Fsp3) is 0.238. The van der Waals surface area contributed by atoms with Crippen LogP contribution in [-0.4, -0.2) is 55.0 Å². The molecule has 0 saturated heterocycles. The van der Waals surface area contributed by atoms with Crippen LogP contribution in [0.1, 0.15) is 15.9 Å². The summed E-state index contributed by atoms with van der Waals surface area (Å²) < 4.78 is 43.7. The number of alkyl halides is 3. The van der Waals surface area contributed by atoms with E-state index in [0.29, 0.717) is 10.8 Å². The van der Waals surface area contributed by atoms with E-state index in [4.69, 9.17) is 0 Å². The van der Waals surface area contributed by atoms with Gasteiger partial charge in [0.15, 0.2) is 5.78 Å². The number of ketones is 2. The maximum atomic E-state index is 13.1. The van der Waals surface area contributed by atoms with Crippen LogP contribution in [0.25, 0.3) is 10.8 Å². The van der Waals surface area contributed by atoms with Gasteiger partial charge in [0.25, 0.3) is 5.78 Å². The number of aliphatic imine (C=N–C) groups is 1. The standard InChI is InChI=1S/C21H17F3N2O4/c1-26-10-16(25-18(11-26)21(22,23)24)17(27)9-14-7-12-5-3-4-6-13(12)8-15(14)19(28)20(29)30-2/h3-8,10H,9,11H2,1-2H3. The third kappa shape index (κ3) is 4.40. The molecular formula is C21H17F3N2O4. The first-order valence-corrected chi connectivity index (χ1v) is 8.84. The Balaban J connectivity index is 2.02. The lowest BCUT2D eigenvalue weighted by Gasteiger charge is -2.23. The van der Waals surface area contributed by atoms with Gasteiger partial charge in [0.2, 0.25) is 0 Å². The zero-order chi connectivity index (χ0) is 22.1. The maximum absolute atomic E-state index is 13.1. The van der Waals surface area contributed by atoms with Crippen molar-refractivity contribution in [2.75, 3.05) is 20.7 Å². The molecule has 6 nitrogen and oxygen atoms in total. The van der Waals surface area contributed by atoms with Gasteiger partial charge in [-0.25, -0.2) is 9.79 Å². The van der Waals surface area contributed by atoms with Gasteiger partial charge in [-0.05, 0) is 28.5 Å². The van der Waals surface area contributed by atoms with Crippen LogP contribution >= 0.6 is 0 Å². The maximum Gasteiger partial charge on any atom is 0.431 e. The number of halogens is 3. The van der Waals surface area contributed by atoms with Crippen molar-refractivity contribution < 1.29 is 32.3 Å². The van der Waals surface area contributed by atoms with Gasteiger partial charge in [0, 0.05) is 25.2 Å². The Hall–Kier alpha value is -3.49. The van der Waals surface area contributed by atoms with Crippen LogP contribution in [0.2, 0.25) is 0 Å². The second-order valence-electron chi connectivity index (χ2n) is 6.76. The van der Waals surface area contributed by atoms with Crippen molar-refractivity contribution in [3.8, 4) is 0 Å². The summed E-state index contributed by atoms with van der Waals surface area (Å²) in [6.45, 7) is -0.470. The number of methoxy groups -OCH3 is 1. The molecule has 0 unspecified atom stereocenters. The lowest BCUT2D eigenvalue weighted by atomic mass is 9.94. The van der Waals surface area contributed by atoms with E-state index in [2.05, 4.69) is 9.73 Å². The molecule has 2 aromatic rings. The molecule has 1 aliphatic rings. The normalized spacial score (nSPS) is 14.2. The number of carbonyl (C=O) groups is 3. The van der Waals surface area contributed by atoms with E-state index in [1.54, 1.807) is 30.3 Å². The number of carbonyl (C=O) groups excluding carboxylic acids is 3. The summed E-state index contributed by atoms with van der Waals surface area (Å²) in [6.07, 6.45) is -3.85. The zero-order valence-corrected chi connectivity index (χ0v) is 16.1. The zero-order valence-electron chi connectivity index (χ0n) is 16.1. The molecule has 9 heteroatoms. The Bertz CT molecular complexity index is 1100. The largest absolute Gasteiger partial charge is 0.463 e. The van der Waals surface area contributed by atoms with Crippen LogP contribution in [-0.2, 0) is 20.7 Å². The molecular weight excluding hydrogens is 401 g/mol. The number of nitrogens with zero attached hydrogens (tertiary/aromatic N) is 2. The van der Waals surface area contributed by atoms with Gasteiger partial charge in [-0.15, -0.1) is 0 Å². The summed E-state index contributed by atoms with van der Waals surface area (Å²) in [7, 11) is 2.46. The summed E-state index contributed by atoms with van der Waals surface area (Å²) in [5, 5.41) is 1.37. The second-order valence-corrected chi connectivity index (χ2v) is 6.76. The first kappa shape index (κ1) is 21.2. The van der Waals surface area contributed by atoms with Crippen molar-refractivity contribution in [1.82, 2.24) is 4.90 Å². The number of hydrogen-bond acceptors (Lipinski definition) is 6. The minimum Gasteiger partial charge on any atom is -0.463 e. The number of Topliss-reactive ketones (excluding diaryl/α,β-unsaturated/α-hetero) is 2. The molecule has 0 N–H and O–H groups in total. The molecule has 0 spiro atoms. The van der Waals surface area contributed by atoms with Crippen molar-refractivity contribution >= 4 is 34.0 Å². The quantitative estimate of drug-likeness (QED) is 0.424. The molecule has 30 heavy (non-hydrogen) atoms. The highest BCUT2D eigenvalue weighted by molar-refractivity contribution is 6.41. The van der Waals surface area contributed by atoms with Crippen molar-refractivity contribution in [1.29, 1.82) is 0 Å². The lowest BCUT2D eigenvalue weighted by molar-refractivity contribution is -0.135. The molecule has 0 amide bonds. The highest BCUT2D eigenvalue weighted by atomic mass is 19.4. The van der Waals surface area contributed by atoms with E-state index in [1.807, 2.05) is 0 Å². The highest BCUT2D eigenvalue weighted by Crippen LogP contribution is 2.25. The Labute approximate surface area is 169 Å². The van der Waals surface area contributed by atoms with Gasteiger partial charge in [-0.1, -0.05) is 24.3 Å². The highest BCUT2D eigenvalue weighted by Gasteiger charge is 2.38. The van der Waals surface area contributed by atoms with Crippen molar-refractivity contribution in [2.24, 2.45) is 4.99 Å². The molecule has 0 saturated carbocycles. The Morgan fingerprint density at radius 3 is 2.37 bits per heavy atom. The first-order valence-electron chi connectivity index (χ1n) is 8.84. The fourth-order valence-electron chi connectivity index (χ4n) is 3.10. The number of allylic oxidation sites excluding steroid dienone is 1. The third-order valence-electron chi connectivity index (χ3n) is 4.55. The van der Waals surface area contributed by atoms with Crippen LogP contribution in [0.5, 0.6) is 0 Å². The number of fused-ring (bicyclic) bond motifs is 1. The van der Waals surface area contributed by atoms with Crippen LogP contribution in [0.3, 0.4) is 0 Å². The third-order valence-corrected chi connectivity index (χ3v) is 4.55. The molecule has 3 rings (SSSR count). The molecule has 0 radical (unpaired) electrons. The van der Waals surface area contributed by atoms with Gasteiger partial charge in [-0.2, -0.15) is 13.2 Å². The minimum atomic E-state index is -4.66. The van der Waals surface area contributed by atoms with E-state index in [1.165, 1.54) is 24.2 Å². The predicted octanol–water partition coefficient (Wildman–Crippen LogP) is 3.10. The van der Waals surface area contributed by atoms with Crippen molar-refractivity contribution in [2.45, 2.75) is 12.6 Å². The fourth-order valence-corrected chi connectivity index (χ4v) is 3.10. The van der Waals surface area contributed by atoms with E-state index < -0.39 is 42.4 Å². The number of benzene rings is 2. The molecule has 156 valence electrons. The molecule has 0 bridgehead atoms. The SMILES string of the molecule is COC(=O)C(=O)c1cc2ccccc2cc1CC(=O)C1=CN(C)CC(C(F)(F)F)=N1. The van der Waals surface area contributed by atoms with Crippen LogP contribution in [0.4, 0.5) is 13.2 Å². The minimum absolute atomic E-state index is 0.0429. The van der Waals surface area contributed by atoms with Gasteiger partial charge >= 0.3 is 12.1 Å². The van der Waals surface area contributed by atoms with Gasteiger partial charge in [-0.3, -0.25) is 9.59 Å². The summed E-state index contributed by atoms with van der Waals surface area (Å²) in [4.78, 5) is 41.6. The Morgan fingerprint density at radius 1 is 1.13 bits per heavy atom. The van der Waals surface area contributed by atoms with Crippen molar-refractivity contribution in [3.63, 3.8) is 0 Å². The molecule has 1 heterocycles. The average Bonchev–Trinajstić information content (AvgIpc) is 2.71. The number of ether oxygens (including phenoxy) is 1. The molecule has 0 aromatic heterocycles. The van der Waals surface area contributed by atoms with Crippen LogP contribution < -0.4 is 0 Å². The molecule has 2 aromatic carbocycles. The molecule has 0 fully saturated rings. The topological polar surface area (TPSA) is 76.0 Å². The molecule has 0 aliphatic carbocycles. The van der Waals surface area contributed by atoms with Crippen molar-refractivity contribution in [3.05, 3.63) is 59.4 Å². The first-order chi connectivity index (χ1) is 14.1. The van der Waals surface area contributed by atoms with Gasteiger partial charge in [0.05, 0.1) is 13.7 Å². The van der Waals surface area contributed by atoms with Gasteiger partial charge < -0.3 is 9.64 Å². The summed E-state index contributed by atoms with van der Waals surface area (Å²) in [5.41, 5.74) is -1.30. The number of hydrogen-bond donors (Lipinski definition) is 0. The van der Waals surface area contributed by atoms with E-state index in [-0.39, 0.29) is 16.8 Å².